The lowest BCUT2D eigenvalue weighted by molar-refractivity contribution is -0.243. The largest absolute Gasteiger partial charge is 0.472 e. The summed E-state index contributed by atoms with van der Waals surface area (Å²) in [7, 11) is 0. The summed E-state index contributed by atoms with van der Waals surface area (Å²) in [5, 5.41) is 32.9. The lowest BCUT2D eigenvalue weighted by atomic mass is 9.42. The average Bonchev–Trinajstić information content (AvgIpc) is 3.34. The van der Waals surface area contributed by atoms with E-state index in [2.05, 4.69) is 0 Å². The van der Waals surface area contributed by atoms with Crippen LogP contribution < -0.4 is 0 Å². The molecule has 1 spiro atoms. The highest BCUT2D eigenvalue weighted by Crippen LogP contribution is 2.69. The molecule has 148 valence electrons. The van der Waals surface area contributed by atoms with Gasteiger partial charge in [-0.2, -0.15) is 0 Å². The van der Waals surface area contributed by atoms with Crippen molar-refractivity contribution >= 4 is 5.97 Å². The Kier molecular flexibility index (Phi) is 3.64. The number of carbonyl (C=O) groups excluding carboxylic acids is 1. The third-order valence-corrected chi connectivity index (χ3v) is 8.09. The molecule has 2 aliphatic carbocycles. The molecule has 0 bridgehead atoms. The molecular formula is C20H26O7. The van der Waals surface area contributed by atoms with Crippen LogP contribution in [0, 0.1) is 22.7 Å². The first kappa shape index (κ1) is 17.7. The van der Waals surface area contributed by atoms with Crippen LogP contribution in [-0.4, -0.2) is 52.3 Å². The van der Waals surface area contributed by atoms with Gasteiger partial charge in [0.1, 0.15) is 6.10 Å². The van der Waals surface area contributed by atoms with Crippen LogP contribution in [-0.2, 0) is 14.3 Å². The molecular weight excluding hydrogens is 352 g/mol. The quantitative estimate of drug-likeness (QED) is 0.663. The Morgan fingerprint density at radius 2 is 2.19 bits per heavy atom. The van der Waals surface area contributed by atoms with E-state index in [4.69, 9.17) is 13.9 Å². The van der Waals surface area contributed by atoms with E-state index in [0.717, 1.165) is 5.56 Å². The monoisotopic (exact) mass is 378 g/mol. The third-order valence-electron chi connectivity index (χ3n) is 8.09. The highest BCUT2D eigenvalue weighted by atomic mass is 16.6. The number of fused-ring (bicyclic) bond motifs is 1. The maximum Gasteiger partial charge on any atom is 0.313 e. The molecule has 5 rings (SSSR count). The van der Waals surface area contributed by atoms with E-state index >= 15 is 0 Å². The number of aliphatic hydroxyl groups is 3. The number of hydrogen-bond acceptors (Lipinski definition) is 7. The molecule has 0 radical (unpaired) electrons. The first-order chi connectivity index (χ1) is 12.9. The van der Waals surface area contributed by atoms with Gasteiger partial charge in [-0.25, -0.2) is 0 Å². The molecule has 2 saturated heterocycles. The van der Waals surface area contributed by atoms with Gasteiger partial charge in [0.15, 0.2) is 0 Å². The number of esters is 1. The van der Waals surface area contributed by atoms with Crippen molar-refractivity contribution in [2.75, 3.05) is 13.2 Å². The lowest BCUT2D eigenvalue weighted by Gasteiger charge is -2.62. The summed E-state index contributed by atoms with van der Waals surface area (Å²) in [5.74, 6) is -1.08. The van der Waals surface area contributed by atoms with Gasteiger partial charge in [0.2, 0.25) is 0 Å². The van der Waals surface area contributed by atoms with E-state index in [1.807, 2.05) is 6.92 Å². The van der Waals surface area contributed by atoms with Gasteiger partial charge in [-0.1, -0.05) is 6.92 Å². The molecule has 7 nitrogen and oxygen atoms in total. The zero-order valence-electron chi connectivity index (χ0n) is 15.3. The van der Waals surface area contributed by atoms with Gasteiger partial charge < -0.3 is 29.2 Å². The Labute approximate surface area is 157 Å². The van der Waals surface area contributed by atoms with Gasteiger partial charge >= 0.3 is 5.97 Å². The topological polar surface area (TPSA) is 109 Å². The van der Waals surface area contributed by atoms with E-state index in [1.54, 1.807) is 18.6 Å². The molecule has 2 aliphatic heterocycles. The van der Waals surface area contributed by atoms with E-state index < -0.39 is 34.6 Å². The van der Waals surface area contributed by atoms with E-state index in [9.17, 15) is 20.1 Å². The zero-order valence-corrected chi connectivity index (χ0v) is 15.3. The van der Waals surface area contributed by atoms with E-state index in [0.29, 0.717) is 25.7 Å². The number of cyclic esters (lactones) is 1. The van der Waals surface area contributed by atoms with Gasteiger partial charge in [0.25, 0.3) is 0 Å². The molecule has 0 aromatic carbocycles. The summed E-state index contributed by atoms with van der Waals surface area (Å²) in [6, 6.07) is 1.78. The maximum absolute atomic E-state index is 13.3. The highest BCUT2D eigenvalue weighted by Gasteiger charge is 2.77. The standard InChI is InChI=1S/C20H26O7/c1-11-6-15-20(9-21)16(13(22)2-4-18(20,24)10-26-15)19(11)7-14(27-17(19)23)12-3-5-25-8-12/h3,5,8,11,13-16,21-22,24H,2,4,6-7,9-10H2,1H3/t11-,13-,14-,15-,16-,18+,19-,20-/m1/s1. The van der Waals surface area contributed by atoms with Crippen molar-refractivity contribution in [2.45, 2.75) is 56.5 Å². The van der Waals surface area contributed by atoms with Crippen LogP contribution >= 0.6 is 0 Å². The molecule has 0 unspecified atom stereocenters. The number of ether oxygens (including phenoxy) is 2. The highest BCUT2D eigenvalue weighted by molar-refractivity contribution is 5.81. The fraction of sp³-hybridized carbons (Fsp3) is 0.750. The number of furan rings is 1. The third kappa shape index (κ3) is 1.93. The average molecular weight is 378 g/mol. The summed E-state index contributed by atoms with van der Waals surface area (Å²) in [5.41, 5.74) is -2.47. The minimum atomic E-state index is -1.24. The smallest absolute Gasteiger partial charge is 0.313 e. The summed E-state index contributed by atoms with van der Waals surface area (Å²) in [6.45, 7) is 1.79. The van der Waals surface area contributed by atoms with Crippen molar-refractivity contribution in [3.05, 3.63) is 24.2 Å². The Balaban J connectivity index is 1.65. The molecule has 3 heterocycles. The predicted molar refractivity (Wildman–Crippen MR) is 91.3 cm³/mol. The fourth-order valence-corrected chi connectivity index (χ4v) is 6.75. The number of hydrogen-bond donors (Lipinski definition) is 3. The molecule has 4 fully saturated rings. The molecule has 3 N–H and O–H groups in total. The fourth-order valence-electron chi connectivity index (χ4n) is 6.75. The summed E-state index contributed by atoms with van der Waals surface area (Å²) >= 11 is 0. The zero-order chi connectivity index (χ0) is 19.0. The van der Waals surface area contributed by atoms with E-state index in [1.165, 1.54) is 0 Å². The Hall–Kier alpha value is -1.41. The Morgan fingerprint density at radius 1 is 1.37 bits per heavy atom. The van der Waals surface area contributed by atoms with Crippen molar-refractivity contribution in [1.82, 2.24) is 0 Å². The van der Waals surface area contributed by atoms with Gasteiger partial charge in [0, 0.05) is 17.9 Å². The predicted octanol–water partition coefficient (Wildman–Crippen LogP) is 1.17. The molecule has 1 aromatic heterocycles. The lowest BCUT2D eigenvalue weighted by Crippen LogP contribution is -2.71. The maximum atomic E-state index is 13.3. The van der Waals surface area contributed by atoms with Crippen LogP contribution in [0.15, 0.2) is 23.0 Å². The SMILES string of the molecule is C[C@@H]1C[C@H]2OC[C@@]3(O)CC[C@@H](O)[C@H]([C@@]14C[C@H](c1ccoc1)OC4=O)[C@@]23CO. The molecule has 2 saturated carbocycles. The number of rotatable bonds is 2. The van der Waals surface area contributed by atoms with Crippen molar-refractivity contribution in [3.8, 4) is 0 Å². The molecule has 7 heteroatoms. The molecule has 0 amide bonds. The first-order valence-corrected chi connectivity index (χ1v) is 9.75. The first-order valence-electron chi connectivity index (χ1n) is 9.75. The van der Waals surface area contributed by atoms with Gasteiger partial charge in [0.05, 0.1) is 54.4 Å². The van der Waals surface area contributed by atoms with Crippen LogP contribution in [0.4, 0.5) is 0 Å². The molecule has 1 aromatic rings. The van der Waals surface area contributed by atoms with Crippen molar-refractivity contribution in [3.63, 3.8) is 0 Å². The van der Waals surface area contributed by atoms with Gasteiger partial charge in [-0.15, -0.1) is 0 Å². The Morgan fingerprint density at radius 3 is 2.89 bits per heavy atom. The van der Waals surface area contributed by atoms with Crippen LogP contribution in [0.25, 0.3) is 0 Å². The Bertz CT molecular complexity index is 748. The second kappa shape index (κ2) is 5.56. The van der Waals surface area contributed by atoms with Crippen LogP contribution in [0.1, 0.15) is 44.3 Å². The minimum absolute atomic E-state index is 0.105. The molecule has 8 atom stereocenters. The van der Waals surface area contributed by atoms with Gasteiger partial charge in [-0.05, 0) is 31.2 Å². The summed E-state index contributed by atoms with van der Waals surface area (Å²) < 4.78 is 16.9. The summed E-state index contributed by atoms with van der Waals surface area (Å²) in [4.78, 5) is 13.3. The summed E-state index contributed by atoms with van der Waals surface area (Å²) in [6.07, 6.45) is 3.15. The van der Waals surface area contributed by atoms with Crippen molar-refractivity contribution in [1.29, 1.82) is 0 Å². The van der Waals surface area contributed by atoms with E-state index in [-0.39, 0.29) is 31.2 Å². The number of aliphatic hydroxyl groups excluding tert-OH is 2. The van der Waals surface area contributed by atoms with Crippen LogP contribution in [0.3, 0.4) is 0 Å². The molecule has 4 aliphatic rings. The second-order valence-electron chi connectivity index (χ2n) is 8.95. The second-order valence-corrected chi connectivity index (χ2v) is 8.95. The minimum Gasteiger partial charge on any atom is -0.472 e. The van der Waals surface area contributed by atoms with Crippen molar-refractivity contribution in [2.24, 2.45) is 22.7 Å². The number of carbonyl (C=O) groups is 1. The van der Waals surface area contributed by atoms with Crippen LogP contribution in [0.5, 0.6) is 0 Å². The van der Waals surface area contributed by atoms with Crippen molar-refractivity contribution < 1.29 is 34.0 Å². The normalized spacial score (nSPS) is 51.4. The molecule has 27 heavy (non-hydrogen) atoms. The van der Waals surface area contributed by atoms with Gasteiger partial charge in [-0.3, -0.25) is 4.79 Å². The van der Waals surface area contributed by atoms with Crippen LogP contribution in [0.2, 0.25) is 0 Å².